The number of ether oxygens (including phenoxy) is 1. The average molecular weight is 395 g/mol. The predicted octanol–water partition coefficient (Wildman–Crippen LogP) is 3.16. The highest BCUT2D eigenvalue weighted by Crippen LogP contribution is 2.26. The molecule has 0 aliphatic carbocycles. The van der Waals surface area contributed by atoms with Crippen LogP contribution in [-0.4, -0.2) is 55.6 Å². The molecule has 0 bridgehead atoms. The number of nitrogens with zero attached hydrogens (tertiary/aromatic N) is 3. The Morgan fingerprint density at radius 3 is 2.50 bits per heavy atom. The number of benzene rings is 1. The van der Waals surface area contributed by atoms with Gasteiger partial charge in [0.25, 0.3) is 0 Å². The Balaban J connectivity index is 1.49. The maximum atomic E-state index is 12.2. The monoisotopic (exact) mass is 394 g/mol. The topological polar surface area (TPSA) is 57.7 Å². The Labute approximate surface area is 162 Å². The van der Waals surface area contributed by atoms with Gasteiger partial charge in [0, 0.05) is 38.1 Å². The number of pyridine rings is 1. The van der Waals surface area contributed by atoms with Gasteiger partial charge in [-0.25, -0.2) is 4.98 Å². The van der Waals surface area contributed by atoms with Crippen molar-refractivity contribution >= 4 is 40.6 Å². The van der Waals surface area contributed by atoms with E-state index in [1.807, 2.05) is 24.3 Å². The van der Waals surface area contributed by atoms with Crippen molar-refractivity contribution in [2.75, 3.05) is 50.1 Å². The van der Waals surface area contributed by atoms with Gasteiger partial charge >= 0.3 is 0 Å². The Kier molecular flexibility index (Phi) is 6.19. The molecule has 1 N–H and O–H groups in total. The molecule has 0 spiro atoms. The molecule has 138 valence electrons. The van der Waals surface area contributed by atoms with Crippen LogP contribution >= 0.6 is 23.2 Å². The highest BCUT2D eigenvalue weighted by Gasteiger charge is 2.21. The van der Waals surface area contributed by atoms with Gasteiger partial charge in [-0.15, -0.1) is 0 Å². The first-order valence-corrected chi connectivity index (χ1v) is 9.03. The number of methoxy groups -OCH3 is 1. The number of nitrogens with one attached hydrogen (secondary N) is 1. The summed E-state index contributed by atoms with van der Waals surface area (Å²) in [5, 5.41) is 3.97. The Bertz CT molecular complexity index is 762. The molecule has 1 aliphatic heterocycles. The van der Waals surface area contributed by atoms with Crippen LogP contribution in [0.4, 0.5) is 11.5 Å². The molecule has 1 amide bonds. The molecule has 1 saturated heterocycles. The molecule has 2 aromatic rings. The van der Waals surface area contributed by atoms with Crippen LogP contribution < -0.4 is 15.0 Å². The molecule has 1 aromatic carbocycles. The van der Waals surface area contributed by atoms with Crippen LogP contribution in [0.1, 0.15) is 0 Å². The molecule has 1 fully saturated rings. The summed E-state index contributed by atoms with van der Waals surface area (Å²) in [4.78, 5) is 20.8. The minimum atomic E-state index is -0.0359. The van der Waals surface area contributed by atoms with E-state index in [0.29, 0.717) is 16.6 Å². The summed E-state index contributed by atoms with van der Waals surface area (Å²) in [6, 6.07) is 8.97. The zero-order valence-corrected chi connectivity index (χ0v) is 15.9. The van der Waals surface area contributed by atoms with Crippen LogP contribution in [0.2, 0.25) is 10.0 Å². The van der Waals surface area contributed by atoms with E-state index in [-0.39, 0.29) is 5.91 Å². The fraction of sp³-hybridized carbons (Fsp3) is 0.333. The lowest BCUT2D eigenvalue weighted by Crippen LogP contribution is -2.49. The fourth-order valence-electron chi connectivity index (χ4n) is 2.84. The van der Waals surface area contributed by atoms with Crippen LogP contribution in [0.5, 0.6) is 5.75 Å². The lowest BCUT2D eigenvalue weighted by Gasteiger charge is -2.35. The molecule has 8 heteroatoms. The number of hydrogen-bond donors (Lipinski definition) is 1. The molecule has 3 rings (SSSR count). The largest absolute Gasteiger partial charge is 0.497 e. The third-order valence-electron chi connectivity index (χ3n) is 4.20. The number of amides is 1. The maximum absolute atomic E-state index is 12.2. The number of carbonyl (C=O) groups is 1. The second kappa shape index (κ2) is 8.58. The van der Waals surface area contributed by atoms with E-state index in [1.165, 1.54) is 0 Å². The smallest absolute Gasteiger partial charge is 0.238 e. The Morgan fingerprint density at radius 1 is 1.19 bits per heavy atom. The van der Waals surface area contributed by atoms with Gasteiger partial charge in [-0.1, -0.05) is 23.2 Å². The van der Waals surface area contributed by atoms with Crippen molar-refractivity contribution in [1.82, 2.24) is 9.88 Å². The summed E-state index contributed by atoms with van der Waals surface area (Å²) in [5.41, 5.74) is 0.756. The van der Waals surface area contributed by atoms with Crippen LogP contribution in [0.3, 0.4) is 0 Å². The highest BCUT2D eigenvalue weighted by molar-refractivity contribution is 6.36. The molecule has 26 heavy (non-hydrogen) atoms. The first kappa shape index (κ1) is 18.8. The van der Waals surface area contributed by atoms with E-state index in [4.69, 9.17) is 27.9 Å². The van der Waals surface area contributed by atoms with Crippen LogP contribution in [-0.2, 0) is 4.79 Å². The number of piperazine rings is 1. The molecule has 0 saturated carbocycles. The van der Waals surface area contributed by atoms with Gasteiger partial charge in [0.1, 0.15) is 11.6 Å². The molecular weight excluding hydrogens is 375 g/mol. The van der Waals surface area contributed by atoms with Gasteiger partial charge in [-0.05, 0) is 30.3 Å². The van der Waals surface area contributed by atoms with Crippen molar-refractivity contribution in [3.05, 3.63) is 46.6 Å². The summed E-state index contributed by atoms with van der Waals surface area (Å²) in [6.45, 7) is 3.38. The van der Waals surface area contributed by atoms with E-state index in [1.54, 1.807) is 19.4 Å². The summed E-state index contributed by atoms with van der Waals surface area (Å²) in [6.07, 6.45) is 1.59. The van der Waals surface area contributed by atoms with E-state index < -0.39 is 0 Å². The van der Waals surface area contributed by atoms with Gasteiger partial charge in [-0.3, -0.25) is 9.69 Å². The summed E-state index contributed by atoms with van der Waals surface area (Å²) in [5.74, 6) is 1.46. The van der Waals surface area contributed by atoms with Gasteiger partial charge in [-0.2, -0.15) is 0 Å². The molecular formula is C18H20Cl2N4O2. The minimum absolute atomic E-state index is 0.0359. The maximum Gasteiger partial charge on any atom is 0.238 e. The number of aromatic nitrogens is 1. The Hall–Kier alpha value is -2.02. The molecule has 0 unspecified atom stereocenters. The molecule has 0 radical (unpaired) electrons. The van der Waals surface area contributed by atoms with Crippen LogP contribution in [0.15, 0.2) is 36.5 Å². The SMILES string of the molecule is COc1ccc(NC(=O)CN2CCN(c3ncc(Cl)cc3Cl)CC2)cc1. The first-order valence-electron chi connectivity index (χ1n) is 8.27. The van der Waals surface area contributed by atoms with Crippen molar-refractivity contribution < 1.29 is 9.53 Å². The van der Waals surface area contributed by atoms with Crippen molar-refractivity contribution in [3.8, 4) is 5.75 Å². The number of carbonyl (C=O) groups excluding carboxylic acids is 1. The highest BCUT2D eigenvalue weighted by atomic mass is 35.5. The van der Waals surface area contributed by atoms with Crippen LogP contribution in [0.25, 0.3) is 0 Å². The third-order valence-corrected chi connectivity index (χ3v) is 4.69. The van der Waals surface area contributed by atoms with E-state index in [9.17, 15) is 4.79 Å². The second-order valence-electron chi connectivity index (χ2n) is 6.00. The van der Waals surface area contributed by atoms with Crippen molar-refractivity contribution in [3.63, 3.8) is 0 Å². The van der Waals surface area contributed by atoms with Crippen molar-refractivity contribution in [2.24, 2.45) is 0 Å². The predicted molar refractivity (Wildman–Crippen MR) is 105 cm³/mol. The van der Waals surface area contributed by atoms with Crippen LogP contribution in [0, 0.1) is 0 Å². The number of rotatable bonds is 5. The Morgan fingerprint density at radius 2 is 1.88 bits per heavy atom. The summed E-state index contributed by atoms with van der Waals surface area (Å²) >= 11 is 12.1. The van der Waals surface area contributed by atoms with Gasteiger partial charge in [0.15, 0.2) is 0 Å². The molecule has 1 aliphatic rings. The number of halogens is 2. The molecule has 6 nitrogen and oxygen atoms in total. The van der Waals surface area contributed by atoms with Crippen molar-refractivity contribution in [2.45, 2.75) is 0 Å². The lowest BCUT2D eigenvalue weighted by atomic mass is 10.2. The van der Waals surface area contributed by atoms with E-state index in [2.05, 4.69) is 20.1 Å². The standard InChI is InChI=1S/C18H20Cl2N4O2/c1-26-15-4-2-14(3-5-15)22-17(25)12-23-6-8-24(9-7-23)18-16(20)10-13(19)11-21-18/h2-5,10-11H,6-9,12H2,1H3,(H,22,25). The zero-order chi connectivity index (χ0) is 18.5. The first-order chi connectivity index (χ1) is 12.5. The van der Waals surface area contributed by atoms with E-state index >= 15 is 0 Å². The summed E-state index contributed by atoms with van der Waals surface area (Å²) < 4.78 is 5.11. The number of hydrogen-bond acceptors (Lipinski definition) is 5. The van der Waals surface area contributed by atoms with Gasteiger partial charge in [0.05, 0.1) is 23.7 Å². The average Bonchev–Trinajstić information content (AvgIpc) is 2.63. The van der Waals surface area contributed by atoms with Gasteiger partial charge < -0.3 is 15.0 Å². The molecule has 0 atom stereocenters. The second-order valence-corrected chi connectivity index (χ2v) is 6.84. The normalized spacial score (nSPS) is 15.0. The summed E-state index contributed by atoms with van der Waals surface area (Å²) in [7, 11) is 1.61. The zero-order valence-electron chi connectivity index (χ0n) is 14.4. The van der Waals surface area contributed by atoms with Gasteiger partial charge in [0.2, 0.25) is 5.91 Å². The quantitative estimate of drug-likeness (QED) is 0.843. The fourth-order valence-corrected chi connectivity index (χ4v) is 3.34. The third kappa shape index (κ3) is 4.78. The molecule has 1 aromatic heterocycles. The van der Waals surface area contributed by atoms with Crippen molar-refractivity contribution in [1.29, 1.82) is 0 Å². The molecule has 2 heterocycles. The minimum Gasteiger partial charge on any atom is -0.497 e. The lowest BCUT2D eigenvalue weighted by molar-refractivity contribution is -0.117. The number of anilines is 2. The van der Waals surface area contributed by atoms with E-state index in [0.717, 1.165) is 43.4 Å².